The van der Waals surface area contributed by atoms with Gasteiger partial charge >= 0.3 is 12.1 Å². The molecule has 0 aliphatic carbocycles. The summed E-state index contributed by atoms with van der Waals surface area (Å²) in [5.41, 5.74) is -1.87. The van der Waals surface area contributed by atoms with Crippen molar-refractivity contribution in [1.82, 2.24) is 15.7 Å². The van der Waals surface area contributed by atoms with Crippen LogP contribution < -0.4 is 10.6 Å². The fourth-order valence-electron chi connectivity index (χ4n) is 3.56. The van der Waals surface area contributed by atoms with E-state index in [0.717, 1.165) is 17.0 Å². The molecule has 3 atom stereocenters. The van der Waals surface area contributed by atoms with Gasteiger partial charge in [0.15, 0.2) is 0 Å². The summed E-state index contributed by atoms with van der Waals surface area (Å²) in [5.74, 6) is -1.45. The molecule has 4 N–H and O–H groups in total. The zero-order chi connectivity index (χ0) is 28.8. The standard InChI is InChI=1S/C27H45N3O7S/c1-6-20(2)14-17-36-30(23(32)13-12-21-10-8-7-9-11-21)27(15-16-31,24(33)34)28-18-22(19-38)29-25(35)37-26(3,4)5/h7-11,20,22,28,31,38H,6,12-19H2,1-5H3,(H,29,35)(H,33,34)/t20-,22?,27-/m0/s1. The minimum atomic E-state index is -2.07. The van der Waals surface area contributed by atoms with Gasteiger partial charge in [0.2, 0.25) is 11.6 Å². The summed E-state index contributed by atoms with van der Waals surface area (Å²) in [6, 6.07) is 8.75. The number of thiol groups is 1. The molecule has 1 unspecified atom stereocenters. The first-order valence-electron chi connectivity index (χ1n) is 13.1. The minimum Gasteiger partial charge on any atom is -0.478 e. The summed E-state index contributed by atoms with van der Waals surface area (Å²) in [5, 5.41) is 26.6. The summed E-state index contributed by atoms with van der Waals surface area (Å²) in [6.45, 7) is 8.79. The lowest BCUT2D eigenvalue weighted by atomic mass is 10.0. The fourth-order valence-corrected chi connectivity index (χ4v) is 3.78. The molecular formula is C27H45N3O7S. The Bertz CT molecular complexity index is 866. The van der Waals surface area contributed by atoms with Crippen LogP contribution in [0.4, 0.5) is 4.79 Å². The fraction of sp³-hybridized carbons (Fsp3) is 0.667. The summed E-state index contributed by atoms with van der Waals surface area (Å²) in [4.78, 5) is 44.3. The van der Waals surface area contributed by atoms with Gasteiger partial charge in [-0.1, -0.05) is 50.6 Å². The molecule has 0 spiro atoms. The number of hydrogen-bond acceptors (Lipinski definition) is 8. The number of amides is 2. The summed E-state index contributed by atoms with van der Waals surface area (Å²) in [6.07, 6.45) is 0.897. The molecule has 0 aliphatic heterocycles. The second-order valence-electron chi connectivity index (χ2n) is 10.4. The molecule has 216 valence electrons. The Labute approximate surface area is 231 Å². The van der Waals surface area contributed by atoms with E-state index in [4.69, 9.17) is 9.57 Å². The number of hydroxylamine groups is 2. The molecule has 1 rings (SSSR count). The number of carboxylic acids is 1. The molecule has 0 fully saturated rings. The molecule has 0 heterocycles. The summed E-state index contributed by atoms with van der Waals surface area (Å²) >= 11 is 4.27. The largest absolute Gasteiger partial charge is 0.478 e. The third-order valence-electron chi connectivity index (χ3n) is 5.98. The van der Waals surface area contributed by atoms with E-state index in [-0.39, 0.29) is 31.7 Å². The predicted molar refractivity (Wildman–Crippen MR) is 149 cm³/mol. The lowest BCUT2D eigenvalue weighted by molar-refractivity contribution is -0.238. The van der Waals surface area contributed by atoms with Crippen molar-refractivity contribution in [2.75, 3.05) is 25.5 Å². The molecule has 2 amide bonds. The van der Waals surface area contributed by atoms with Gasteiger partial charge in [0.1, 0.15) is 5.60 Å². The maximum atomic E-state index is 13.4. The van der Waals surface area contributed by atoms with Crippen LogP contribution in [0.5, 0.6) is 0 Å². The Balaban J connectivity index is 3.19. The number of carbonyl (C=O) groups is 3. The van der Waals surface area contributed by atoms with Crippen molar-refractivity contribution in [2.24, 2.45) is 5.92 Å². The van der Waals surface area contributed by atoms with Gasteiger partial charge in [0.05, 0.1) is 12.6 Å². The number of carbonyl (C=O) groups excluding carboxylic acids is 2. The van der Waals surface area contributed by atoms with Crippen LogP contribution >= 0.6 is 12.6 Å². The first-order chi connectivity index (χ1) is 17.9. The number of aliphatic hydroxyl groups is 1. The van der Waals surface area contributed by atoms with Crippen LogP contribution in [0.25, 0.3) is 0 Å². The van der Waals surface area contributed by atoms with Crippen molar-refractivity contribution in [3.8, 4) is 0 Å². The lowest BCUT2D eigenvalue weighted by Gasteiger charge is -2.40. The minimum absolute atomic E-state index is 0.00163. The van der Waals surface area contributed by atoms with Crippen LogP contribution in [0, 0.1) is 5.92 Å². The van der Waals surface area contributed by atoms with Crippen molar-refractivity contribution in [1.29, 1.82) is 0 Å². The van der Waals surface area contributed by atoms with Crippen molar-refractivity contribution >= 4 is 30.6 Å². The predicted octanol–water partition coefficient (Wildman–Crippen LogP) is 3.39. The molecule has 0 bridgehead atoms. The first-order valence-corrected chi connectivity index (χ1v) is 13.7. The number of ether oxygens (including phenoxy) is 1. The summed E-state index contributed by atoms with van der Waals surface area (Å²) in [7, 11) is 0. The highest BCUT2D eigenvalue weighted by Gasteiger charge is 2.48. The smallest absolute Gasteiger partial charge is 0.407 e. The molecule has 1 aromatic carbocycles. The zero-order valence-electron chi connectivity index (χ0n) is 23.2. The highest BCUT2D eigenvalue weighted by atomic mass is 32.1. The van der Waals surface area contributed by atoms with Crippen LogP contribution in [-0.4, -0.2) is 76.1 Å². The molecule has 1 aromatic rings. The average Bonchev–Trinajstić information content (AvgIpc) is 2.86. The van der Waals surface area contributed by atoms with Crippen LogP contribution in [0.15, 0.2) is 30.3 Å². The Morgan fingerprint density at radius 2 is 1.82 bits per heavy atom. The molecule has 0 aromatic heterocycles. The molecule has 0 saturated heterocycles. The average molecular weight is 556 g/mol. The second kappa shape index (κ2) is 16.6. The molecule has 11 heteroatoms. The zero-order valence-corrected chi connectivity index (χ0v) is 24.1. The number of aliphatic hydroxyl groups excluding tert-OH is 1. The topological polar surface area (TPSA) is 137 Å². The van der Waals surface area contributed by atoms with Crippen LogP contribution in [0.3, 0.4) is 0 Å². The maximum absolute atomic E-state index is 13.4. The quantitative estimate of drug-likeness (QED) is 0.112. The van der Waals surface area contributed by atoms with E-state index in [9.17, 15) is 24.6 Å². The van der Waals surface area contributed by atoms with E-state index in [0.29, 0.717) is 18.8 Å². The van der Waals surface area contributed by atoms with E-state index >= 15 is 0 Å². The van der Waals surface area contributed by atoms with Crippen LogP contribution in [-0.2, 0) is 25.6 Å². The van der Waals surface area contributed by atoms with Crippen molar-refractivity contribution in [3.63, 3.8) is 0 Å². The first kappa shape index (κ1) is 33.7. The number of rotatable bonds is 17. The monoisotopic (exact) mass is 555 g/mol. The van der Waals surface area contributed by atoms with Crippen molar-refractivity contribution in [2.45, 2.75) is 84.0 Å². The number of carboxylic acid groups (broad SMARTS) is 1. The number of alkyl carbamates (subject to hydrolysis) is 1. The van der Waals surface area contributed by atoms with E-state index in [1.165, 1.54) is 0 Å². The van der Waals surface area contributed by atoms with Crippen molar-refractivity contribution < 1.29 is 34.2 Å². The third kappa shape index (κ3) is 11.6. The number of aliphatic carboxylic acids is 1. The van der Waals surface area contributed by atoms with E-state index in [1.54, 1.807) is 20.8 Å². The maximum Gasteiger partial charge on any atom is 0.407 e. The SMILES string of the molecule is CC[C@H](C)CCON(C(=O)CCc1ccccc1)[C@](CCO)(NCC(CS)NC(=O)OC(C)(C)C)C(=O)O. The van der Waals surface area contributed by atoms with E-state index in [1.807, 2.05) is 44.2 Å². The van der Waals surface area contributed by atoms with E-state index < -0.39 is 41.9 Å². The van der Waals surface area contributed by atoms with Gasteiger partial charge in [-0.05, 0) is 45.1 Å². The highest BCUT2D eigenvalue weighted by Crippen LogP contribution is 2.22. The number of aryl methyl sites for hydroxylation is 1. The van der Waals surface area contributed by atoms with Crippen molar-refractivity contribution in [3.05, 3.63) is 35.9 Å². The van der Waals surface area contributed by atoms with Gasteiger partial charge in [0, 0.05) is 31.7 Å². The Morgan fingerprint density at radius 3 is 2.34 bits per heavy atom. The number of nitrogens with one attached hydrogen (secondary N) is 2. The number of hydrogen-bond donors (Lipinski definition) is 5. The van der Waals surface area contributed by atoms with Gasteiger partial charge < -0.3 is 20.3 Å². The molecule has 0 radical (unpaired) electrons. The third-order valence-corrected chi connectivity index (χ3v) is 6.42. The Hall–Kier alpha value is -2.34. The second-order valence-corrected chi connectivity index (χ2v) is 10.7. The number of nitrogens with zero attached hydrogens (tertiary/aromatic N) is 1. The van der Waals surface area contributed by atoms with E-state index in [2.05, 4.69) is 23.3 Å². The molecule has 38 heavy (non-hydrogen) atoms. The van der Waals surface area contributed by atoms with Gasteiger partial charge in [-0.25, -0.2) is 9.59 Å². The molecule has 0 aliphatic rings. The normalized spacial score (nSPS) is 14.7. The summed E-state index contributed by atoms with van der Waals surface area (Å²) < 4.78 is 5.29. The van der Waals surface area contributed by atoms with Gasteiger partial charge in [-0.3, -0.25) is 14.9 Å². The highest BCUT2D eigenvalue weighted by molar-refractivity contribution is 7.80. The Morgan fingerprint density at radius 1 is 1.16 bits per heavy atom. The van der Waals surface area contributed by atoms with Gasteiger partial charge in [-0.15, -0.1) is 0 Å². The van der Waals surface area contributed by atoms with Gasteiger partial charge in [-0.2, -0.15) is 17.7 Å². The lowest BCUT2D eigenvalue weighted by Crippen LogP contribution is -2.68. The molecular weight excluding hydrogens is 510 g/mol. The molecule has 0 saturated carbocycles. The number of benzene rings is 1. The Kier molecular flexibility index (Phi) is 14.7. The van der Waals surface area contributed by atoms with Crippen LogP contribution in [0.2, 0.25) is 0 Å². The molecule has 10 nitrogen and oxygen atoms in total. The van der Waals surface area contributed by atoms with Gasteiger partial charge in [0.25, 0.3) is 0 Å². The van der Waals surface area contributed by atoms with Crippen LogP contribution in [0.1, 0.15) is 65.9 Å².